The summed E-state index contributed by atoms with van der Waals surface area (Å²) in [5.41, 5.74) is 6.03. The summed E-state index contributed by atoms with van der Waals surface area (Å²) in [5.74, 6) is 4.18. The summed E-state index contributed by atoms with van der Waals surface area (Å²) in [6, 6.07) is 0. The molecule has 0 N–H and O–H groups in total. The second-order valence-corrected chi connectivity index (χ2v) is 11.6. The van der Waals surface area contributed by atoms with Crippen LogP contribution in [0.5, 0.6) is 0 Å². The zero-order valence-corrected chi connectivity index (χ0v) is 19.3. The van der Waals surface area contributed by atoms with Crippen LogP contribution in [0.25, 0.3) is 0 Å². The van der Waals surface area contributed by atoms with Gasteiger partial charge in [0.2, 0.25) is 0 Å². The van der Waals surface area contributed by atoms with Gasteiger partial charge in [-0.3, -0.25) is 0 Å². The molecule has 0 radical (unpaired) electrons. The van der Waals surface area contributed by atoms with E-state index < -0.39 is 0 Å². The molecule has 4 aliphatic carbocycles. The largest absolute Gasteiger partial charge is 0.0996 e. The molecule has 4 rings (SSSR count). The fraction of sp³-hybridized carbons (Fsp3) is 0.786. The highest BCUT2D eigenvalue weighted by molar-refractivity contribution is 5.46. The van der Waals surface area contributed by atoms with Crippen LogP contribution in [0.15, 0.2) is 35.5 Å². The zero-order valence-electron chi connectivity index (χ0n) is 19.3. The summed E-state index contributed by atoms with van der Waals surface area (Å²) in [6.07, 6.45) is 19.3. The maximum atomic E-state index is 4.30. The Hall–Kier alpha value is -0.780. The van der Waals surface area contributed by atoms with Crippen molar-refractivity contribution < 1.29 is 0 Å². The highest BCUT2D eigenvalue weighted by Gasteiger charge is 2.54. The van der Waals surface area contributed by atoms with Crippen LogP contribution in [0.4, 0.5) is 0 Å². The highest BCUT2D eigenvalue weighted by Crippen LogP contribution is 2.64. The van der Waals surface area contributed by atoms with E-state index in [0.29, 0.717) is 16.7 Å². The monoisotopic (exact) mass is 380 g/mol. The summed E-state index contributed by atoms with van der Waals surface area (Å²) in [7, 11) is 0. The molecule has 0 amide bonds. The van der Waals surface area contributed by atoms with Gasteiger partial charge in [-0.25, -0.2) is 0 Å². The molecule has 0 aliphatic heterocycles. The topological polar surface area (TPSA) is 0 Å². The average Bonchev–Trinajstić information content (AvgIpc) is 2.98. The van der Waals surface area contributed by atoms with Gasteiger partial charge < -0.3 is 0 Å². The maximum absolute atomic E-state index is 4.30. The summed E-state index contributed by atoms with van der Waals surface area (Å²) >= 11 is 0. The van der Waals surface area contributed by atoms with Crippen LogP contribution in [-0.2, 0) is 0 Å². The van der Waals surface area contributed by atoms with E-state index in [-0.39, 0.29) is 0 Å². The molecule has 0 aromatic rings. The van der Waals surface area contributed by atoms with Crippen LogP contribution >= 0.6 is 0 Å². The molecule has 2 fully saturated rings. The third-order valence-electron chi connectivity index (χ3n) is 9.90. The molecule has 0 nitrogen and oxygen atoms in total. The van der Waals surface area contributed by atoms with Gasteiger partial charge in [0.05, 0.1) is 0 Å². The Bertz CT molecular complexity index is 676. The van der Waals surface area contributed by atoms with E-state index >= 15 is 0 Å². The van der Waals surface area contributed by atoms with Gasteiger partial charge in [0.25, 0.3) is 0 Å². The smallest absolute Gasteiger partial charge is 0.00420 e. The van der Waals surface area contributed by atoms with Crippen molar-refractivity contribution in [3.05, 3.63) is 35.5 Å². The first-order chi connectivity index (χ1) is 13.3. The lowest BCUT2D eigenvalue weighted by Crippen LogP contribution is -2.44. The molecule has 6 unspecified atom stereocenters. The fourth-order valence-corrected chi connectivity index (χ4v) is 7.80. The first-order valence-electron chi connectivity index (χ1n) is 12.4. The quantitative estimate of drug-likeness (QED) is 0.419. The van der Waals surface area contributed by atoms with Gasteiger partial charge in [0, 0.05) is 0 Å². The Morgan fingerprint density at radius 1 is 1.18 bits per heavy atom. The molecule has 0 heterocycles. The second-order valence-electron chi connectivity index (χ2n) is 11.6. The molecule has 0 saturated heterocycles. The zero-order chi connectivity index (χ0) is 20.1. The Kier molecular flexibility index (Phi) is 5.47. The number of hydrogen-bond acceptors (Lipinski definition) is 0. The molecular weight excluding hydrogens is 336 g/mol. The van der Waals surface area contributed by atoms with E-state index in [0.717, 1.165) is 23.7 Å². The first kappa shape index (κ1) is 20.5. The Morgan fingerprint density at radius 3 is 2.71 bits per heavy atom. The van der Waals surface area contributed by atoms with Gasteiger partial charge in [-0.2, -0.15) is 0 Å². The molecule has 0 heteroatoms. The molecule has 0 aromatic heterocycles. The van der Waals surface area contributed by atoms with Crippen LogP contribution in [0.3, 0.4) is 0 Å². The third kappa shape index (κ3) is 3.18. The lowest BCUT2D eigenvalue weighted by atomic mass is 9.50. The van der Waals surface area contributed by atoms with Gasteiger partial charge in [-0.1, -0.05) is 71.8 Å². The minimum Gasteiger partial charge on any atom is -0.0996 e. The molecule has 4 aliphatic rings. The predicted octanol–water partition coefficient (Wildman–Crippen LogP) is 8.50. The molecule has 0 bridgehead atoms. The molecule has 0 aromatic carbocycles. The van der Waals surface area contributed by atoms with E-state index in [1.165, 1.54) is 69.8 Å². The average molecular weight is 381 g/mol. The van der Waals surface area contributed by atoms with E-state index in [9.17, 15) is 0 Å². The van der Waals surface area contributed by atoms with Crippen molar-refractivity contribution in [1.82, 2.24) is 0 Å². The minimum absolute atomic E-state index is 0.468. The van der Waals surface area contributed by atoms with Gasteiger partial charge >= 0.3 is 0 Å². The van der Waals surface area contributed by atoms with Crippen LogP contribution < -0.4 is 0 Å². The number of allylic oxidation sites excluding steroid dienone is 5. The SMILES string of the molecule is C=C(CCCC1CCC2C3=CCC4C(C)CCCC4(C)C3=CCC12C)C(C)C. The molecule has 2 saturated carbocycles. The van der Waals surface area contributed by atoms with Crippen molar-refractivity contribution in [2.24, 2.45) is 40.4 Å². The predicted molar refractivity (Wildman–Crippen MR) is 122 cm³/mol. The van der Waals surface area contributed by atoms with E-state index in [2.05, 4.69) is 53.3 Å². The standard InChI is InChI=1S/C28H44/c1-19(2)20(3)9-7-11-22-12-14-25-23-13-15-24-21(4)10-8-17-28(24,6)26(23)16-18-27(22,25)5/h13,16,19,21-22,24-25H,3,7-12,14-15,17-18H2,1-2,4-6H3. The van der Waals surface area contributed by atoms with Crippen molar-refractivity contribution in [2.75, 3.05) is 0 Å². The van der Waals surface area contributed by atoms with Gasteiger partial charge in [0.15, 0.2) is 0 Å². The summed E-state index contributed by atoms with van der Waals surface area (Å²) in [5, 5.41) is 0. The van der Waals surface area contributed by atoms with Crippen molar-refractivity contribution >= 4 is 0 Å². The summed E-state index contributed by atoms with van der Waals surface area (Å²) in [6.45, 7) is 16.7. The van der Waals surface area contributed by atoms with E-state index in [4.69, 9.17) is 0 Å². The molecular formula is C28H44. The van der Waals surface area contributed by atoms with Crippen molar-refractivity contribution in [1.29, 1.82) is 0 Å². The molecule has 156 valence electrons. The van der Waals surface area contributed by atoms with Gasteiger partial charge in [-0.05, 0) is 103 Å². The molecule has 0 spiro atoms. The lowest BCUT2D eigenvalue weighted by Gasteiger charge is -2.54. The molecule has 28 heavy (non-hydrogen) atoms. The fourth-order valence-electron chi connectivity index (χ4n) is 7.80. The van der Waals surface area contributed by atoms with Crippen LogP contribution in [0, 0.1) is 40.4 Å². The van der Waals surface area contributed by atoms with Gasteiger partial charge in [-0.15, -0.1) is 0 Å². The van der Waals surface area contributed by atoms with E-state index in [1.54, 1.807) is 11.1 Å². The normalized spacial score (nSPS) is 42.4. The molecule has 6 atom stereocenters. The number of hydrogen-bond donors (Lipinski definition) is 0. The summed E-state index contributed by atoms with van der Waals surface area (Å²) in [4.78, 5) is 0. The second kappa shape index (κ2) is 7.48. The van der Waals surface area contributed by atoms with Crippen LogP contribution in [-0.4, -0.2) is 0 Å². The van der Waals surface area contributed by atoms with Crippen molar-refractivity contribution in [2.45, 2.75) is 98.8 Å². The van der Waals surface area contributed by atoms with Crippen molar-refractivity contribution in [3.8, 4) is 0 Å². The van der Waals surface area contributed by atoms with Gasteiger partial charge in [0.1, 0.15) is 0 Å². The van der Waals surface area contributed by atoms with Crippen LogP contribution in [0.2, 0.25) is 0 Å². The van der Waals surface area contributed by atoms with Crippen molar-refractivity contribution in [3.63, 3.8) is 0 Å². The minimum atomic E-state index is 0.468. The maximum Gasteiger partial charge on any atom is -0.00420 e. The lowest BCUT2D eigenvalue weighted by molar-refractivity contribution is 0.0834. The Morgan fingerprint density at radius 2 is 1.96 bits per heavy atom. The first-order valence-corrected chi connectivity index (χ1v) is 12.4. The Balaban J connectivity index is 1.51. The number of fused-ring (bicyclic) bond motifs is 5. The van der Waals surface area contributed by atoms with Crippen LogP contribution in [0.1, 0.15) is 98.8 Å². The summed E-state index contributed by atoms with van der Waals surface area (Å²) < 4.78 is 0. The highest BCUT2D eigenvalue weighted by atomic mass is 14.6. The van der Waals surface area contributed by atoms with E-state index in [1.807, 2.05) is 0 Å². The third-order valence-corrected chi connectivity index (χ3v) is 9.90. The Labute approximate surface area is 175 Å². The number of rotatable bonds is 5.